The Morgan fingerprint density at radius 3 is 2.85 bits per heavy atom. The van der Waals surface area contributed by atoms with Crippen LogP contribution in [0.4, 0.5) is 0 Å². The van der Waals surface area contributed by atoms with Crippen LogP contribution in [0.15, 0.2) is 34.5 Å². The van der Waals surface area contributed by atoms with Crippen molar-refractivity contribution in [3.8, 4) is 0 Å². The van der Waals surface area contributed by atoms with Crippen molar-refractivity contribution in [3.05, 3.63) is 29.1 Å². The van der Waals surface area contributed by atoms with Crippen molar-refractivity contribution in [2.45, 2.75) is 0 Å². The van der Waals surface area contributed by atoms with E-state index in [9.17, 15) is 0 Å². The number of hydrogen-bond acceptors (Lipinski definition) is 3. The molecule has 0 atom stereocenters. The summed E-state index contributed by atoms with van der Waals surface area (Å²) in [7, 11) is 1.98. The van der Waals surface area contributed by atoms with Gasteiger partial charge in [0.25, 0.3) is 0 Å². The van der Waals surface area contributed by atoms with Gasteiger partial charge in [0.2, 0.25) is 4.80 Å². The van der Waals surface area contributed by atoms with Crippen LogP contribution >= 0.6 is 11.3 Å². The van der Waals surface area contributed by atoms with Crippen molar-refractivity contribution in [3.63, 3.8) is 0 Å². The quantitative estimate of drug-likeness (QED) is 0.485. The molecule has 0 saturated carbocycles. The minimum Gasteiger partial charge on any atom is -0.318 e. The molecule has 66 valence electrons. The second kappa shape index (κ2) is 3.14. The Morgan fingerprint density at radius 1 is 1.38 bits per heavy atom. The maximum Gasteiger partial charge on any atom is 0.211 e. The van der Waals surface area contributed by atoms with Crippen LogP contribution in [-0.2, 0) is 7.05 Å². The average molecular weight is 191 g/mol. The van der Waals surface area contributed by atoms with E-state index >= 15 is 0 Å². The van der Waals surface area contributed by atoms with Crippen LogP contribution in [0, 0.1) is 0 Å². The van der Waals surface area contributed by atoms with Crippen molar-refractivity contribution >= 4 is 28.3 Å². The van der Waals surface area contributed by atoms with Gasteiger partial charge in [-0.25, -0.2) is 0 Å². The fourth-order valence-corrected chi connectivity index (χ4v) is 2.23. The minimum atomic E-state index is 0.871. The predicted octanol–water partition coefficient (Wildman–Crippen LogP) is 1.76. The van der Waals surface area contributed by atoms with Gasteiger partial charge in [-0.15, -0.1) is 5.10 Å². The van der Waals surface area contributed by atoms with Crippen molar-refractivity contribution < 1.29 is 0 Å². The first-order valence-electron chi connectivity index (χ1n) is 3.87. The Kier molecular flexibility index (Phi) is 1.98. The Labute approximate surface area is 79.7 Å². The van der Waals surface area contributed by atoms with E-state index in [1.165, 1.54) is 10.2 Å². The molecule has 2 aromatic rings. The van der Waals surface area contributed by atoms with Gasteiger partial charge in [0.05, 0.1) is 10.2 Å². The highest BCUT2D eigenvalue weighted by Crippen LogP contribution is 2.14. The number of fused-ring (bicyclic) bond motifs is 1. The molecule has 0 spiro atoms. The van der Waals surface area contributed by atoms with E-state index in [1.807, 2.05) is 23.7 Å². The lowest BCUT2D eigenvalue weighted by atomic mass is 10.3. The highest BCUT2D eigenvalue weighted by Gasteiger charge is 1.99. The highest BCUT2D eigenvalue weighted by molar-refractivity contribution is 7.16. The molecule has 1 heterocycles. The van der Waals surface area contributed by atoms with Gasteiger partial charge in [-0.3, -0.25) is 0 Å². The third kappa shape index (κ3) is 1.29. The fraction of sp³-hybridized carbons (Fsp3) is 0.111. The number of aromatic nitrogens is 1. The largest absolute Gasteiger partial charge is 0.318 e. The molecule has 0 bridgehead atoms. The van der Waals surface area contributed by atoms with E-state index < -0.39 is 0 Å². The Balaban J connectivity index is 2.89. The molecule has 3 nitrogen and oxygen atoms in total. The molecule has 0 aliphatic carbocycles. The van der Waals surface area contributed by atoms with Crippen LogP contribution in [0.3, 0.4) is 0 Å². The van der Waals surface area contributed by atoms with Crippen LogP contribution in [0.25, 0.3) is 10.2 Å². The molecule has 0 amide bonds. The Hall–Kier alpha value is -1.42. The minimum absolute atomic E-state index is 0.871. The average Bonchev–Trinajstić information content (AvgIpc) is 2.46. The predicted molar refractivity (Wildman–Crippen MR) is 55.9 cm³/mol. The third-order valence-corrected chi connectivity index (χ3v) is 2.97. The molecular formula is C9H9N3S. The molecule has 1 aromatic heterocycles. The summed E-state index contributed by atoms with van der Waals surface area (Å²) in [6.07, 6.45) is 0. The zero-order valence-corrected chi connectivity index (χ0v) is 8.08. The molecular weight excluding hydrogens is 182 g/mol. The molecule has 0 saturated heterocycles. The monoisotopic (exact) mass is 191 g/mol. The molecule has 0 unspecified atom stereocenters. The van der Waals surface area contributed by atoms with Crippen molar-refractivity contribution in [2.75, 3.05) is 0 Å². The zero-order valence-electron chi connectivity index (χ0n) is 7.27. The molecule has 1 aromatic carbocycles. The van der Waals surface area contributed by atoms with E-state index in [0.29, 0.717) is 0 Å². The Morgan fingerprint density at radius 2 is 2.15 bits per heavy atom. The van der Waals surface area contributed by atoms with E-state index in [1.54, 1.807) is 11.3 Å². The summed E-state index contributed by atoms with van der Waals surface area (Å²) in [5.74, 6) is 0. The van der Waals surface area contributed by atoms with Gasteiger partial charge in [-0.1, -0.05) is 23.5 Å². The summed E-state index contributed by atoms with van der Waals surface area (Å²) in [6, 6.07) is 8.17. The third-order valence-electron chi connectivity index (χ3n) is 1.87. The lowest BCUT2D eigenvalue weighted by Crippen LogP contribution is -2.08. The van der Waals surface area contributed by atoms with Gasteiger partial charge in [-0.05, 0) is 12.1 Å². The Bertz CT molecular complexity index is 507. The van der Waals surface area contributed by atoms with E-state index in [2.05, 4.69) is 29.1 Å². The molecule has 13 heavy (non-hydrogen) atoms. The van der Waals surface area contributed by atoms with Gasteiger partial charge in [0.1, 0.15) is 0 Å². The first-order chi connectivity index (χ1) is 6.33. The second-order valence-corrected chi connectivity index (χ2v) is 3.66. The summed E-state index contributed by atoms with van der Waals surface area (Å²) < 4.78 is 3.22. The van der Waals surface area contributed by atoms with Crippen molar-refractivity contribution in [1.29, 1.82) is 0 Å². The lowest BCUT2D eigenvalue weighted by Gasteiger charge is -1.91. The summed E-state index contributed by atoms with van der Waals surface area (Å²) in [5.41, 5.74) is 1.18. The van der Waals surface area contributed by atoms with Gasteiger partial charge < -0.3 is 4.57 Å². The zero-order chi connectivity index (χ0) is 9.26. The number of aryl methyl sites for hydroxylation is 1. The molecule has 4 heteroatoms. The van der Waals surface area contributed by atoms with Gasteiger partial charge >= 0.3 is 0 Å². The maximum absolute atomic E-state index is 3.94. The van der Waals surface area contributed by atoms with Gasteiger partial charge in [0, 0.05) is 13.8 Å². The first kappa shape index (κ1) is 8.19. The summed E-state index contributed by atoms with van der Waals surface area (Å²) in [4.78, 5) is 0.871. The number of thiazole rings is 1. The van der Waals surface area contributed by atoms with Crippen LogP contribution in [0.1, 0.15) is 0 Å². The normalized spacial score (nSPS) is 12.2. The summed E-state index contributed by atoms with van der Waals surface area (Å²) >= 11 is 1.61. The molecule has 0 aliphatic rings. The smallest absolute Gasteiger partial charge is 0.211 e. The van der Waals surface area contributed by atoms with Gasteiger partial charge in [-0.2, -0.15) is 5.10 Å². The van der Waals surface area contributed by atoms with Crippen LogP contribution in [0.5, 0.6) is 0 Å². The topological polar surface area (TPSA) is 29.6 Å². The van der Waals surface area contributed by atoms with Crippen LogP contribution in [0.2, 0.25) is 0 Å². The fourth-order valence-electron chi connectivity index (χ4n) is 1.24. The number of rotatable bonds is 1. The van der Waals surface area contributed by atoms with E-state index in [0.717, 1.165) is 4.80 Å². The number of benzene rings is 1. The number of nitrogens with zero attached hydrogens (tertiary/aromatic N) is 3. The van der Waals surface area contributed by atoms with Crippen molar-refractivity contribution in [1.82, 2.24) is 4.57 Å². The molecule has 0 N–H and O–H groups in total. The van der Waals surface area contributed by atoms with Crippen LogP contribution in [-0.4, -0.2) is 11.3 Å². The molecule has 2 rings (SSSR count). The first-order valence-corrected chi connectivity index (χ1v) is 4.69. The summed E-state index contributed by atoms with van der Waals surface area (Å²) in [5, 5.41) is 7.47. The van der Waals surface area contributed by atoms with E-state index in [4.69, 9.17) is 0 Å². The lowest BCUT2D eigenvalue weighted by molar-refractivity contribution is 0.890. The molecule has 0 radical (unpaired) electrons. The number of para-hydroxylation sites is 1. The molecule has 0 aliphatic heterocycles. The summed E-state index contributed by atoms with van der Waals surface area (Å²) in [6.45, 7) is 3.34. The van der Waals surface area contributed by atoms with Gasteiger partial charge in [0.15, 0.2) is 0 Å². The maximum atomic E-state index is 3.94. The SMILES string of the molecule is C=NN=c1sc2ccccc2n1C. The van der Waals surface area contributed by atoms with Crippen molar-refractivity contribution in [2.24, 2.45) is 17.3 Å². The highest BCUT2D eigenvalue weighted by atomic mass is 32.1. The van der Waals surface area contributed by atoms with Crippen LogP contribution < -0.4 is 4.80 Å². The molecule has 0 fully saturated rings. The number of hydrogen-bond donors (Lipinski definition) is 0. The second-order valence-electron chi connectivity index (χ2n) is 2.65. The standard InChI is InChI=1S/C9H9N3S/c1-10-11-9-12(2)7-5-3-4-6-8(7)13-9/h3-6H,1H2,2H3. The van der Waals surface area contributed by atoms with E-state index in [-0.39, 0.29) is 0 Å².